The van der Waals surface area contributed by atoms with Crippen LogP contribution in [-0.2, 0) is 60.7 Å². The maximum absolute atomic E-state index is 14.0. The van der Waals surface area contributed by atoms with Crippen LogP contribution >= 0.6 is 0 Å². The van der Waals surface area contributed by atoms with Crippen LogP contribution in [0.1, 0.15) is 63.5 Å². The van der Waals surface area contributed by atoms with Crippen molar-refractivity contribution in [3.05, 3.63) is 167 Å². The maximum atomic E-state index is 14.0. The molecular formula is C51H34N6Na6O23S6. The standard InChI is InChI=1S/C51H40N6O23S6.6Na/c1-25-9-11-29(49(60)54-37-13-15-41(83(69,70)71)35-21-33(81(63,64)65)23-43(45(35)37)85(75,76)77)19-39(25)56-47(58)27-5-3-7-31(17-27)52-51(62)53-32-8-4-6-28(18-32)48(59)57-40-20-30(12-10-26(40)2)50(61)55-38-14-16-42(84(72,73)74)36-22-34(82(66,67)68)24-44(46(36)38)86(78,79)80;;;;;;/h3-24H,1-2H3,(H,54,60)(H,55,61)(H,56,58)(H,57,59)(H2,52,53,62)(H,63,64,65)(H,66,67,68)(H,69,70,71)(H,72,73,74)(H,75,76,77)(H,78,79,80);;;;;;/q;6*+1/p-6/i3D,4D,5D,6D,7D,8D,17D,18D;;;;;;. The first-order chi connectivity index (χ1) is 43.1. The predicted octanol–water partition coefficient (Wildman–Crippen LogP) is -13.3. The number of hydrogen-bond acceptors (Lipinski definition) is 23. The number of rotatable bonds is 16. The molecule has 8 rings (SSSR count). The molecule has 0 heterocycles. The summed E-state index contributed by atoms with van der Waals surface area (Å²) in [6, 6.07) is -0.965. The van der Waals surface area contributed by atoms with E-state index in [2.05, 4.69) is 21.3 Å². The summed E-state index contributed by atoms with van der Waals surface area (Å²) in [5, 5.41) is 8.60. The summed E-state index contributed by atoms with van der Waals surface area (Å²) < 4.78 is 287. The maximum Gasteiger partial charge on any atom is 1.00 e. The van der Waals surface area contributed by atoms with E-state index in [9.17, 15) is 102 Å². The van der Waals surface area contributed by atoms with Crippen LogP contribution in [0.5, 0.6) is 0 Å². The van der Waals surface area contributed by atoms with Gasteiger partial charge in [0.25, 0.3) is 23.6 Å². The van der Waals surface area contributed by atoms with Crippen LogP contribution in [0.3, 0.4) is 0 Å². The summed E-state index contributed by atoms with van der Waals surface area (Å²) in [6.45, 7) is 2.70. The molecular weight excluding hydrogens is 1390 g/mol. The molecule has 6 N–H and O–H groups in total. The van der Waals surface area contributed by atoms with Gasteiger partial charge in [-0.25, -0.2) is 55.3 Å². The van der Waals surface area contributed by atoms with E-state index in [4.69, 9.17) is 11.0 Å². The predicted molar refractivity (Wildman–Crippen MR) is 295 cm³/mol. The molecule has 0 radical (unpaired) electrons. The first kappa shape index (κ1) is 71.7. The Labute approximate surface area is 668 Å². The van der Waals surface area contributed by atoms with Crippen LogP contribution in [0.15, 0.2) is 163 Å². The van der Waals surface area contributed by atoms with Crippen molar-refractivity contribution in [3.8, 4) is 0 Å². The molecule has 92 heavy (non-hydrogen) atoms. The van der Waals surface area contributed by atoms with Crippen LogP contribution in [0.2, 0.25) is 0 Å². The van der Waals surface area contributed by atoms with Crippen molar-refractivity contribution in [1.29, 1.82) is 0 Å². The van der Waals surface area contributed by atoms with Crippen LogP contribution in [0, 0.1) is 13.8 Å². The molecule has 8 aromatic carbocycles. The Bertz CT molecular complexity index is 5210. The fourth-order valence-corrected chi connectivity index (χ4v) is 12.0. The number of aryl methyl sites for hydroxylation is 2. The van der Waals surface area contributed by atoms with E-state index in [1.54, 1.807) is 0 Å². The minimum Gasteiger partial charge on any atom is -0.744 e. The van der Waals surface area contributed by atoms with Gasteiger partial charge >= 0.3 is 183 Å². The minimum absolute atomic E-state index is 0. The fraction of sp³-hybridized carbons (Fsp3) is 0.0392. The van der Waals surface area contributed by atoms with Gasteiger partial charge in [-0.2, -0.15) is 0 Å². The average Bonchev–Trinajstić information content (AvgIpc) is 0.752. The molecule has 6 amide bonds. The first-order valence-electron chi connectivity index (χ1n) is 26.9. The molecule has 0 bridgehead atoms. The molecule has 0 spiro atoms. The van der Waals surface area contributed by atoms with Crippen molar-refractivity contribution in [1.82, 2.24) is 0 Å². The van der Waals surface area contributed by atoms with E-state index in [1.165, 1.54) is 26.0 Å². The van der Waals surface area contributed by atoms with Gasteiger partial charge < -0.3 is 59.2 Å². The molecule has 41 heteroatoms. The Balaban J connectivity index is 0.00000567. The topological polar surface area (TPSA) is 501 Å². The van der Waals surface area contributed by atoms with E-state index >= 15 is 0 Å². The number of amides is 6. The van der Waals surface area contributed by atoms with Crippen LogP contribution in [0.4, 0.5) is 38.9 Å². The zero-order valence-corrected chi connectivity index (χ0v) is 65.3. The third-order valence-electron chi connectivity index (χ3n) is 11.9. The Hall–Kier alpha value is -3.11. The molecule has 29 nitrogen and oxygen atoms in total. The number of hydrogen-bond donors (Lipinski definition) is 6. The van der Waals surface area contributed by atoms with E-state index in [-0.39, 0.29) is 224 Å². The number of nitrogens with one attached hydrogen (secondary N) is 6. The molecule has 0 atom stereocenters. The van der Waals surface area contributed by atoms with Gasteiger partial charge in [0.05, 0.1) is 51.7 Å². The molecule has 448 valence electrons. The smallest absolute Gasteiger partial charge is 0.744 e. The number of carbonyl (C=O) groups is 5. The number of benzene rings is 8. The molecule has 0 aliphatic carbocycles. The van der Waals surface area contributed by atoms with Crippen molar-refractivity contribution >= 4 is 146 Å². The summed E-state index contributed by atoms with van der Waals surface area (Å²) in [7, 11) is -34.2. The minimum atomic E-state index is -5.85. The Morgan fingerprint density at radius 1 is 0.348 bits per heavy atom. The zero-order chi connectivity index (χ0) is 70.3. The molecule has 0 fully saturated rings. The van der Waals surface area contributed by atoms with Gasteiger partial charge in [-0.1, -0.05) is 24.2 Å². The van der Waals surface area contributed by atoms with Gasteiger partial charge in [-0.05, 0) is 134 Å². The van der Waals surface area contributed by atoms with Crippen molar-refractivity contribution in [2.24, 2.45) is 0 Å². The number of fused-ring (bicyclic) bond motifs is 2. The molecule has 0 saturated heterocycles. The van der Waals surface area contributed by atoms with Gasteiger partial charge in [0.1, 0.15) is 60.7 Å². The fourth-order valence-electron chi connectivity index (χ4n) is 7.97. The van der Waals surface area contributed by atoms with Crippen molar-refractivity contribution in [2.45, 2.75) is 43.2 Å². The van der Waals surface area contributed by atoms with E-state index in [1.807, 2.05) is 10.6 Å². The van der Waals surface area contributed by atoms with Crippen molar-refractivity contribution in [3.63, 3.8) is 0 Å². The third kappa shape index (κ3) is 20.5. The quantitative estimate of drug-likeness (QED) is 0.0386. The molecule has 0 aliphatic rings. The summed E-state index contributed by atoms with van der Waals surface area (Å²) in [4.78, 5) is 60.6. The second-order valence-electron chi connectivity index (χ2n) is 17.6. The third-order valence-corrected chi connectivity index (χ3v) is 17.0. The second-order valence-corrected chi connectivity index (χ2v) is 25.7. The number of anilines is 6. The van der Waals surface area contributed by atoms with E-state index < -0.39 is 235 Å². The normalized spacial score (nSPS) is 12.7. The summed E-state index contributed by atoms with van der Waals surface area (Å²) >= 11 is 0. The van der Waals surface area contributed by atoms with Gasteiger partial charge in [0.2, 0.25) is 0 Å². The Morgan fingerprint density at radius 2 is 0.652 bits per heavy atom. The van der Waals surface area contributed by atoms with Gasteiger partial charge in [0, 0.05) is 66.5 Å². The first-order valence-corrected chi connectivity index (χ1v) is 31.3. The summed E-state index contributed by atoms with van der Waals surface area (Å²) in [5.74, 6) is -5.34. The molecule has 0 saturated carbocycles. The zero-order valence-electron chi connectivity index (χ0n) is 56.4. The number of urea groups is 1. The van der Waals surface area contributed by atoms with E-state index in [0.717, 1.165) is 24.3 Å². The Kier molecular flexibility index (Phi) is 25.7. The SMILES string of the molecule is [2H]c1c([2H])c(NC(=O)Nc2c([2H])c([2H])c([2H])c(C(=O)Nc3cc(C(=O)Nc4ccc(S(=O)(=O)[O-])c5cc(S(=O)(=O)[O-])cc(S(=O)(=O)[O-])c45)ccc3C)c2[2H])c([2H])c(C(=O)Nc2cc(C(=O)Nc3ccc(S(=O)(=O)[O-])c4cc(S(=O)(=O)[O-])cc(S(=O)(=O)[O-])c34)ccc2C)c1[2H].[Na+].[Na+].[Na+].[Na+].[Na+].[Na+]. The molecule has 0 aromatic heterocycles. The number of carbonyl (C=O) groups excluding carboxylic acids is 5. The van der Waals surface area contributed by atoms with Crippen molar-refractivity contribution in [2.75, 3.05) is 31.9 Å². The molecule has 8 aromatic rings. The largest absolute Gasteiger partial charge is 1.00 e. The van der Waals surface area contributed by atoms with E-state index in [0.29, 0.717) is 24.3 Å². The second kappa shape index (κ2) is 33.0. The molecule has 0 aliphatic heterocycles. The monoisotopic (exact) mass is 1440 g/mol. The van der Waals surface area contributed by atoms with Crippen molar-refractivity contribution < 1.29 is 290 Å². The van der Waals surface area contributed by atoms with Gasteiger partial charge in [-0.15, -0.1) is 0 Å². The van der Waals surface area contributed by atoms with Crippen LogP contribution in [-0.4, -0.2) is 107 Å². The Morgan fingerprint density at radius 3 is 0.957 bits per heavy atom. The molecule has 0 unspecified atom stereocenters. The average molecular weight is 1440 g/mol. The van der Waals surface area contributed by atoms with Crippen LogP contribution < -0.4 is 209 Å². The van der Waals surface area contributed by atoms with Crippen LogP contribution in [0.25, 0.3) is 21.5 Å². The van der Waals surface area contributed by atoms with Gasteiger partial charge in [0.15, 0.2) is 0 Å². The summed E-state index contributed by atoms with van der Waals surface area (Å²) in [6.07, 6.45) is 0. The summed E-state index contributed by atoms with van der Waals surface area (Å²) in [5.41, 5.74) is -6.79. The van der Waals surface area contributed by atoms with Gasteiger partial charge in [-0.3, -0.25) is 19.2 Å².